The predicted octanol–water partition coefficient (Wildman–Crippen LogP) is 3.47. The minimum atomic E-state index is -0.0907. The first-order valence-electron chi connectivity index (χ1n) is 6.44. The van der Waals surface area contributed by atoms with Crippen molar-refractivity contribution in [1.29, 1.82) is 0 Å². The number of nitrogens with zero attached hydrogens (tertiary/aromatic N) is 2. The molecule has 21 heavy (non-hydrogen) atoms. The lowest BCUT2D eigenvalue weighted by Crippen LogP contribution is -2.22. The van der Waals surface area contributed by atoms with Gasteiger partial charge in [-0.05, 0) is 47.1 Å². The lowest BCUT2D eigenvalue weighted by molar-refractivity contribution is 0.412. The monoisotopic (exact) mass is 344 g/mol. The zero-order valence-electron chi connectivity index (χ0n) is 11.6. The maximum atomic E-state index is 12.8. The minimum Gasteiger partial charge on any atom is -0.495 e. The SMILES string of the molecule is COc1cccc(-n2c(C)nc3ccccc3c2=O)c1Br. The predicted molar refractivity (Wildman–Crippen MR) is 86.3 cm³/mol. The van der Waals surface area contributed by atoms with E-state index in [2.05, 4.69) is 20.9 Å². The molecule has 5 heteroatoms. The summed E-state index contributed by atoms with van der Waals surface area (Å²) in [7, 11) is 1.60. The minimum absolute atomic E-state index is 0.0907. The summed E-state index contributed by atoms with van der Waals surface area (Å²) in [6.07, 6.45) is 0. The van der Waals surface area contributed by atoms with Crippen LogP contribution in [-0.4, -0.2) is 16.7 Å². The molecule has 0 saturated heterocycles. The van der Waals surface area contributed by atoms with Gasteiger partial charge in [0.2, 0.25) is 0 Å². The van der Waals surface area contributed by atoms with E-state index in [4.69, 9.17) is 4.74 Å². The van der Waals surface area contributed by atoms with Crippen molar-refractivity contribution in [3.63, 3.8) is 0 Å². The van der Waals surface area contributed by atoms with Crippen molar-refractivity contribution in [2.24, 2.45) is 0 Å². The van der Waals surface area contributed by atoms with E-state index in [1.54, 1.807) is 17.7 Å². The molecule has 0 fully saturated rings. The lowest BCUT2D eigenvalue weighted by atomic mass is 10.2. The lowest BCUT2D eigenvalue weighted by Gasteiger charge is -2.14. The van der Waals surface area contributed by atoms with Gasteiger partial charge in [0, 0.05) is 0 Å². The van der Waals surface area contributed by atoms with Crippen molar-refractivity contribution in [1.82, 2.24) is 9.55 Å². The van der Waals surface area contributed by atoms with E-state index >= 15 is 0 Å². The smallest absolute Gasteiger partial charge is 0.265 e. The Morgan fingerprint density at radius 2 is 1.90 bits per heavy atom. The number of fused-ring (bicyclic) bond motifs is 1. The summed E-state index contributed by atoms with van der Waals surface area (Å²) in [6, 6.07) is 12.9. The number of aryl methyl sites for hydroxylation is 1. The maximum Gasteiger partial charge on any atom is 0.265 e. The summed E-state index contributed by atoms with van der Waals surface area (Å²) in [5.74, 6) is 1.31. The van der Waals surface area contributed by atoms with Gasteiger partial charge in [-0.3, -0.25) is 9.36 Å². The number of aromatic nitrogens is 2. The van der Waals surface area contributed by atoms with Crippen LogP contribution in [0.15, 0.2) is 51.7 Å². The molecule has 0 aliphatic heterocycles. The highest BCUT2D eigenvalue weighted by atomic mass is 79.9. The van der Waals surface area contributed by atoms with Crippen LogP contribution in [0.2, 0.25) is 0 Å². The largest absolute Gasteiger partial charge is 0.495 e. The Labute approximate surface area is 130 Å². The zero-order valence-corrected chi connectivity index (χ0v) is 13.2. The van der Waals surface area contributed by atoms with Gasteiger partial charge in [0.25, 0.3) is 5.56 Å². The normalized spacial score (nSPS) is 10.8. The standard InChI is InChI=1S/C16H13BrN2O2/c1-10-18-12-7-4-3-6-11(12)16(20)19(10)13-8-5-9-14(21-2)15(13)17/h3-9H,1-2H3. The van der Waals surface area contributed by atoms with Crippen LogP contribution in [0, 0.1) is 6.92 Å². The third-order valence-corrected chi connectivity index (χ3v) is 4.14. The van der Waals surface area contributed by atoms with Crippen LogP contribution in [0.1, 0.15) is 5.82 Å². The van der Waals surface area contributed by atoms with Gasteiger partial charge in [-0.25, -0.2) is 4.98 Å². The first-order chi connectivity index (χ1) is 10.1. The molecule has 3 rings (SSSR count). The third-order valence-electron chi connectivity index (χ3n) is 3.35. The van der Waals surface area contributed by atoms with Crippen LogP contribution in [0.25, 0.3) is 16.6 Å². The van der Waals surface area contributed by atoms with Gasteiger partial charge in [0.1, 0.15) is 11.6 Å². The molecule has 0 aliphatic rings. The fourth-order valence-electron chi connectivity index (χ4n) is 2.36. The van der Waals surface area contributed by atoms with E-state index in [0.29, 0.717) is 22.5 Å². The molecule has 1 aromatic heterocycles. The molecule has 106 valence electrons. The molecule has 0 N–H and O–H groups in total. The Hall–Kier alpha value is -2.14. The summed E-state index contributed by atoms with van der Waals surface area (Å²) < 4.78 is 7.62. The molecule has 4 nitrogen and oxygen atoms in total. The summed E-state index contributed by atoms with van der Waals surface area (Å²) >= 11 is 3.50. The molecule has 0 saturated carbocycles. The first-order valence-corrected chi connectivity index (χ1v) is 7.24. The number of rotatable bonds is 2. The van der Waals surface area contributed by atoms with Gasteiger partial charge in [0.05, 0.1) is 28.2 Å². The Morgan fingerprint density at radius 3 is 2.67 bits per heavy atom. The van der Waals surface area contributed by atoms with Gasteiger partial charge < -0.3 is 4.74 Å². The summed E-state index contributed by atoms with van der Waals surface area (Å²) in [4.78, 5) is 17.3. The Bertz CT molecular complexity index is 887. The summed E-state index contributed by atoms with van der Waals surface area (Å²) in [5, 5.41) is 0.595. The second kappa shape index (κ2) is 5.33. The fraction of sp³-hybridized carbons (Fsp3) is 0.125. The molecule has 0 unspecified atom stereocenters. The number of methoxy groups -OCH3 is 1. The van der Waals surface area contributed by atoms with Gasteiger partial charge in [-0.2, -0.15) is 0 Å². The molecule has 0 radical (unpaired) electrons. The molecule has 2 aromatic carbocycles. The first kappa shape index (κ1) is 13.8. The highest BCUT2D eigenvalue weighted by Crippen LogP contribution is 2.30. The van der Waals surface area contributed by atoms with Crippen molar-refractivity contribution >= 4 is 26.8 Å². The zero-order chi connectivity index (χ0) is 15.0. The molecule has 0 aliphatic carbocycles. The van der Waals surface area contributed by atoms with Gasteiger partial charge in [-0.15, -0.1) is 0 Å². The van der Waals surface area contributed by atoms with Crippen LogP contribution in [0.4, 0.5) is 0 Å². The molecule has 3 aromatic rings. The van der Waals surface area contributed by atoms with E-state index in [9.17, 15) is 4.79 Å². The molecule has 0 spiro atoms. The number of benzene rings is 2. The second-order valence-electron chi connectivity index (χ2n) is 4.61. The fourth-order valence-corrected chi connectivity index (χ4v) is 2.96. The van der Waals surface area contributed by atoms with Gasteiger partial charge in [0.15, 0.2) is 0 Å². The van der Waals surface area contributed by atoms with Crippen molar-refractivity contribution in [3.05, 3.63) is 63.1 Å². The van der Waals surface area contributed by atoms with E-state index in [-0.39, 0.29) is 5.56 Å². The number of hydrogen-bond acceptors (Lipinski definition) is 3. The Balaban J connectivity index is 2.38. The molecule has 0 bridgehead atoms. The molecular formula is C16H13BrN2O2. The average molecular weight is 345 g/mol. The van der Waals surface area contributed by atoms with Crippen molar-refractivity contribution in [2.75, 3.05) is 7.11 Å². The third kappa shape index (κ3) is 2.23. The van der Waals surface area contributed by atoms with E-state index in [1.165, 1.54) is 0 Å². The Kier molecular flexibility index (Phi) is 3.51. The summed E-state index contributed by atoms with van der Waals surface area (Å²) in [5.41, 5.74) is 1.33. The highest BCUT2D eigenvalue weighted by Gasteiger charge is 2.14. The van der Waals surface area contributed by atoms with Crippen LogP contribution < -0.4 is 10.3 Å². The van der Waals surface area contributed by atoms with Crippen molar-refractivity contribution < 1.29 is 4.74 Å². The molecule has 1 heterocycles. The highest BCUT2D eigenvalue weighted by molar-refractivity contribution is 9.10. The van der Waals surface area contributed by atoms with E-state index in [1.807, 2.05) is 43.3 Å². The average Bonchev–Trinajstić information content (AvgIpc) is 2.49. The number of hydrogen-bond donors (Lipinski definition) is 0. The van der Waals surface area contributed by atoms with Gasteiger partial charge in [-0.1, -0.05) is 18.2 Å². The molecule has 0 amide bonds. The molecule has 0 atom stereocenters. The van der Waals surface area contributed by atoms with E-state index < -0.39 is 0 Å². The van der Waals surface area contributed by atoms with Crippen LogP contribution in [0.3, 0.4) is 0 Å². The van der Waals surface area contributed by atoms with Crippen LogP contribution >= 0.6 is 15.9 Å². The topological polar surface area (TPSA) is 44.1 Å². The number of para-hydroxylation sites is 1. The van der Waals surface area contributed by atoms with Crippen LogP contribution in [-0.2, 0) is 0 Å². The Morgan fingerprint density at radius 1 is 1.14 bits per heavy atom. The van der Waals surface area contributed by atoms with Gasteiger partial charge >= 0.3 is 0 Å². The number of ether oxygens (including phenoxy) is 1. The van der Waals surface area contributed by atoms with Crippen LogP contribution in [0.5, 0.6) is 5.75 Å². The number of halogens is 1. The second-order valence-corrected chi connectivity index (χ2v) is 5.40. The quantitative estimate of drug-likeness (QED) is 0.714. The summed E-state index contributed by atoms with van der Waals surface area (Å²) in [6.45, 7) is 1.82. The van der Waals surface area contributed by atoms with E-state index in [0.717, 1.165) is 10.2 Å². The maximum absolute atomic E-state index is 12.8. The molecular weight excluding hydrogens is 332 g/mol. The van der Waals surface area contributed by atoms with Crippen molar-refractivity contribution in [2.45, 2.75) is 6.92 Å². The van der Waals surface area contributed by atoms with Crippen molar-refractivity contribution in [3.8, 4) is 11.4 Å².